The summed E-state index contributed by atoms with van der Waals surface area (Å²) < 4.78 is 9.11. The van der Waals surface area contributed by atoms with Gasteiger partial charge in [0.1, 0.15) is 11.2 Å². The minimum atomic E-state index is 0.579. The van der Waals surface area contributed by atoms with Gasteiger partial charge < -0.3 is 8.98 Å². The Morgan fingerprint density at radius 2 is 1.11 bits per heavy atom. The fourth-order valence-electron chi connectivity index (χ4n) is 6.47. The van der Waals surface area contributed by atoms with Crippen molar-refractivity contribution >= 4 is 43.7 Å². The van der Waals surface area contributed by atoms with Gasteiger partial charge in [0.15, 0.2) is 17.5 Å². The summed E-state index contributed by atoms with van der Waals surface area (Å²) in [6.45, 7) is 2.14. The Morgan fingerprint density at radius 3 is 1.80 bits per heavy atom. The molecule has 0 unspecified atom stereocenters. The zero-order valence-corrected chi connectivity index (χ0v) is 24.5. The summed E-state index contributed by atoms with van der Waals surface area (Å²) in [5.41, 5.74) is 8.88. The van der Waals surface area contributed by atoms with Crippen molar-refractivity contribution in [1.29, 1.82) is 0 Å². The third kappa shape index (κ3) is 4.05. The average Bonchev–Trinajstić information content (AvgIpc) is 3.64. The molecule has 0 fully saturated rings. The van der Waals surface area contributed by atoms with E-state index in [1.807, 2.05) is 60.7 Å². The van der Waals surface area contributed by atoms with Gasteiger partial charge in [-0.15, -0.1) is 0 Å². The summed E-state index contributed by atoms with van der Waals surface area (Å²) in [6.07, 6.45) is 0. The molecule has 0 aliphatic rings. The molecule has 0 saturated carbocycles. The van der Waals surface area contributed by atoms with Gasteiger partial charge in [0.2, 0.25) is 0 Å². The number of benzene rings is 6. The second-order valence-electron chi connectivity index (χ2n) is 11.3. The minimum Gasteiger partial charge on any atom is -0.455 e. The van der Waals surface area contributed by atoms with Gasteiger partial charge in [0.25, 0.3) is 0 Å². The molecule has 0 radical (unpaired) electrons. The van der Waals surface area contributed by atoms with Crippen LogP contribution >= 0.6 is 0 Å². The largest absolute Gasteiger partial charge is 0.455 e. The maximum absolute atomic E-state index is 6.77. The number of furan rings is 1. The summed E-state index contributed by atoms with van der Waals surface area (Å²) in [6, 6.07) is 47.9. The third-order valence-corrected chi connectivity index (χ3v) is 8.58. The summed E-state index contributed by atoms with van der Waals surface area (Å²) in [7, 11) is 0. The first-order chi connectivity index (χ1) is 22.2. The van der Waals surface area contributed by atoms with Crippen LogP contribution < -0.4 is 0 Å². The lowest BCUT2D eigenvalue weighted by Gasteiger charge is -2.09. The van der Waals surface area contributed by atoms with Crippen molar-refractivity contribution in [2.75, 3.05) is 0 Å². The van der Waals surface area contributed by atoms with Gasteiger partial charge in [-0.2, -0.15) is 0 Å². The van der Waals surface area contributed by atoms with Crippen molar-refractivity contribution in [1.82, 2.24) is 19.5 Å². The molecule has 0 bridgehead atoms. The molecule has 9 aromatic rings. The van der Waals surface area contributed by atoms with E-state index in [2.05, 4.69) is 90.4 Å². The predicted molar refractivity (Wildman–Crippen MR) is 182 cm³/mol. The number of nitrogens with zero attached hydrogens (tertiary/aromatic N) is 4. The number of hydrogen-bond donors (Lipinski definition) is 0. The highest BCUT2D eigenvalue weighted by Gasteiger charge is 2.21. The van der Waals surface area contributed by atoms with E-state index in [1.54, 1.807) is 0 Å². The summed E-state index contributed by atoms with van der Waals surface area (Å²) in [5, 5.41) is 4.47. The Hall–Kier alpha value is -6.07. The zero-order chi connectivity index (χ0) is 29.9. The molecule has 3 aromatic heterocycles. The van der Waals surface area contributed by atoms with Gasteiger partial charge in [0.05, 0.1) is 16.6 Å². The molecule has 0 saturated heterocycles. The van der Waals surface area contributed by atoms with Crippen molar-refractivity contribution in [2.24, 2.45) is 0 Å². The standard InChI is InChI=1S/C40H26N4O/c1-25-21-22-30(40-42-38(26-13-5-2-6-14-26)41-39(43-40)27-15-7-3-8-16-27)37-36(25)32-23-34-31(24-35(32)45-37)29-19-11-12-20-33(29)44(34)28-17-9-4-10-18-28/h2-24H,1H3. The van der Waals surface area contributed by atoms with Crippen LogP contribution in [0, 0.1) is 6.92 Å². The molecular formula is C40H26N4O. The van der Waals surface area contributed by atoms with Gasteiger partial charge in [-0.3, -0.25) is 0 Å². The number of hydrogen-bond acceptors (Lipinski definition) is 4. The molecule has 5 heteroatoms. The first-order valence-corrected chi connectivity index (χ1v) is 15.0. The quantitative estimate of drug-likeness (QED) is 0.208. The van der Waals surface area contributed by atoms with E-state index in [4.69, 9.17) is 19.4 Å². The van der Waals surface area contributed by atoms with Crippen LogP contribution in [0.4, 0.5) is 0 Å². The smallest absolute Gasteiger partial charge is 0.167 e. The molecule has 0 aliphatic heterocycles. The van der Waals surface area contributed by atoms with E-state index in [1.165, 1.54) is 10.9 Å². The van der Waals surface area contributed by atoms with Crippen LogP contribution in [0.3, 0.4) is 0 Å². The maximum Gasteiger partial charge on any atom is 0.167 e. The molecular weight excluding hydrogens is 552 g/mol. The van der Waals surface area contributed by atoms with Crippen molar-refractivity contribution < 1.29 is 4.42 Å². The molecule has 6 aromatic carbocycles. The molecule has 3 heterocycles. The first kappa shape index (κ1) is 25.4. The lowest BCUT2D eigenvalue weighted by atomic mass is 10.0. The van der Waals surface area contributed by atoms with Crippen LogP contribution in [0.25, 0.3) is 83.6 Å². The van der Waals surface area contributed by atoms with Gasteiger partial charge in [-0.05, 0) is 48.9 Å². The number of rotatable bonds is 4. The zero-order valence-electron chi connectivity index (χ0n) is 24.5. The van der Waals surface area contributed by atoms with E-state index in [9.17, 15) is 0 Å². The lowest BCUT2D eigenvalue weighted by Crippen LogP contribution is -2.00. The van der Waals surface area contributed by atoms with Crippen LogP contribution in [-0.4, -0.2) is 19.5 Å². The van der Waals surface area contributed by atoms with E-state index in [0.29, 0.717) is 17.5 Å². The van der Waals surface area contributed by atoms with Crippen LogP contribution in [0.2, 0.25) is 0 Å². The highest BCUT2D eigenvalue weighted by atomic mass is 16.3. The molecule has 45 heavy (non-hydrogen) atoms. The first-order valence-electron chi connectivity index (χ1n) is 15.0. The van der Waals surface area contributed by atoms with Gasteiger partial charge in [-0.1, -0.05) is 103 Å². The van der Waals surface area contributed by atoms with E-state index < -0.39 is 0 Å². The Labute approximate surface area is 259 Å². The maximum atomic E-state index is 6.77. The van der Waals surface area contributed by atoms with Gasteiger partial charge in [-0.25, -0.2) is 15.0 Å². The third-order valence-electron chi connectivity index (χ3n) is 8.58. The van der Waals surface area contributed by atoms with Crippen molar-refractivity contribution in [3.63, 3.8) is 0 Å². The normalized spacial score (nSPS) is 11.7. The Morgan fingerprint density at radius 1 is 0.511 bits per heavy atom. The second kappa shape index (κ2) is 10.00. The van der Waals surface area contributed by atoms with E-state index in [0.717, 1.165) is 60.8 Å². The van der Waals surface area contributed by atoms with E-state index in [-0.39, 0.29) is 0 Å². The molecule has 212 valence electrons. The van der Waals surface area contributed by atoms with Crippen molar-refractivity contribution in [3.05, 3.63) is 145 Å². The van der Waals surface area contributed by atoms with Crippen molar-refractivity contribution in [2.45, 2.75) is 6.92 Å². The second-order valence-corrected chi connectivity index (χ2v) is 11.3. The van der Waals surface area contributed by atoms with Crippen molar-refractivity contribution in [3.8, 4) is 39.9 Å². The Kier molecular flexibility index (Phi) is 5.65. The summed E-state index contributed by atoms with van der Waals surface area (Å²) in [5.74, 6) is 1.83. The Balaban J connectivity index is 1.33. The molecule has 0 atom stereocenters. The average molecular weight is 579 g/mol. The number of aromatic nitrogens is 4. The summed E-state index contributed by atoms with van der Waals surface area (Å²) >= 11 is 0. The van der Waals surface area contributed by atoms with Crippen LogP contribution in [-0.2, 0) is 0 Å². The SMILES string of the molecule is Cc1ccc(-c2nc(-c3ccccc3)nc(-c3ccccc3)n2)c2oc3cc4c5ccccc5n(-c5ccccc5)c4cc3c12. The number of para-hydroxylation sites is 2. The monoisotopic (exact) mass is 578 g/mol. The Bertz CT molecular complexity index is 2470. The molecule has 5 nitrogen and oxygen atoms in total. The molecule has 0 amide bonds. The van der Waals surface area contributed by atoms with Crippen LogP contribution in [0.5, 0.6) is 0 Å². The highest BCUT2D eigenvalue weighted by molar-refractivity contribution is 6.19. The van der Waals surface area contributed by atoms with Crippen LogP contribution in [0.1, 0.15) is 5.56 Å². The molecule has 0 aliphatic carbocycles. The molecule has 0 spiro atoms. The highest BCUT2D eigenvalue weighted by Crippen LogP contribution is 2.41. The number of aryl methyl sites for hydroxylation is 1. The fraction of sp³-hybridized carbons (Fsp3) is 0.0250. The fourth-order valence-corrected chi connectivity index (χ4v) is 6.47. The molecule has 9 rings (SSSR count). The van der Waals surface area contributed by atoms with Gasteiger partial charge >= 0.3 is 0 Å². The lowest BCUT2D eigenvalue weighted by molar-refractivity contribution is 0.670. The minimum absolute atomic E-state index is 0.579. The topological polar surface area (TPSA) is 56.7 Å². The van der Waals surface area contributed by atoms with E-state index >= 15 is 0 Å². The summed E-state index contributed by atoms with van der Waals surface area (Å²) in [4.78, 5) is 14.9. The number of fused-ring (bicyclic) bond motifs is 6. The molecule has 0 N–H and O–H groups in total. The van der Waals surface area contributed by atoms with Crippen LogP contribution in [0.15, 0.2) is 144 Å². The van der Waals surface area contributed by atoms with Gasteiger partial charge in [0, 0.05) is 38.4 Å². The predicted octanol–water partition coefficient (Wildman–Crippen LogP) is 10.2.